The highest BCUT2D eigenvalue weighted by atomic mass is 15.2. The molecule has 0 saturated carbocycles. The van der Waals surface area contributed by atoms with Crippen LogP contribution in [0.15, 0.2) is 16.8 Å². The molecule has 0 amide bonds. The van der Waals surface area contributed by atoms with Gasteiger partial charge in [-0.25, -0.2) is 0 Å². The van der Waals surface area contributed by atoms with Crippen LogP contribution in [0.2, 0.25) is 0 Å². The quantitative estimate of drug-likeness (QED) is 0.594. The predicted octanol–water partition coefficient (Wildman–Crippen LogP) is 1.08. The minimum absolute atomic E-state index is 1.05. The Bertz CT molecular complexity index is 183. The van der Waals surface area contributed by atoms with Crippen molar-refractivity contribution in [2.75, 3.05) is 41.3 Å². The number of aliphatic imine (C=N–C) groups is 1. The van der Waals surface area contributed by atoms with Crippen LogP contribution in [0, 0.1) is 0 Å². The van der Waals surface area contributed by atoms with Crippen molar-refractivity contribution in [2.24, 2.45) is 4.99 Å². The van der Waals surface area contributed by atoms with E-state index in [1.54, 1.807) is 7.05 Å². The van der Waals surface area contributed by atoms with Crippen molar-refractivity contribution in [2.45, 2.75) is 6.92 Å². The Balaban J connectivity index is 3.88. The maximum atomic E-state index is 3.91. The molecule has 0 aromatic carbocycles. The summed E-state index contributed by atoms with van der Waals surface area (Å²) in [6.45, 7) is 4.22. The third-order valence-corrected chi connectivity index (χ3v) is 1.95. The van der Waals surface area contributed by atoms with Gasteiger partial charge in [0, 0.05) is 39.1 Å². The van der Waals surface area contributed by atoms with Crippen LogP contribution < -0.4 is 0 Å². The van der Waals surface area contributed by atoms with E-state index in [2.05, 4.69) is 42.9 Å². The van der Waals surface area contributed by atoms with E-state index in [4.69, 9.17) is 0 Å². The molecule has 0 aromatic heterocycles. The molecule has 0 saturated heterocycles. The molecule has 0 rings (SSSR count). The largest absolute Gasteiger partial charge is 0.377 e. The van der Waals surface area contributed by atoms with E-state index in [0.717, 1.165) is 13.1 Å². The summed E-state index contributed by atoms with van der Waals surface area (Å²) in [5, 5.41) is 0. The van der Waals surface area contributed by atoms with Crippen LogP contribution in [-0.2, 0) is 0 Å². The molecular weight excluding hydrogens is 162 g/mol. The van der Waals surface area contributed by atoms with Crippen LogP contribution in [0.1, 0.15) is 6.92 Å². The molecule has 0 unspecified atom stereocenters. The second-order valence-electron chi connectivity index (χ2n) is 3.44. The molecule has 0 bridgehead atoms. The van der Waals surface area contributed by atoms with Crippen molar-refractivity contribution < 1.29 is 0 Å². The third-order valence-electron chi connectivity index (χ3n) is 1.95. The van der Waals surface area contributed by atoms with Gasteiger partial charge in [-0.15, -0.1) is 0 Å². The Kier molecular flexibility index (Phi) is 6.24. The van der Waals surface area contributed by atoms with Crippen LogP contribution in [0.4, 0.5) is 0 Å². The minimum Gasteiger partial charge on any atom is -0.377 e. The summed E-state index contributed by atoms with van der Waals surface area (Å²) in [5.41, 5.74) is 1.24. The molecule has 0 N–H and O–H groups in total. The summed E-state index contributed by atoms with van der Waals surface area (Å²) in [7, 11) is 8.04. The first-order chi connectivity index (χ1) is 6.07. The Morgan fingerprint density at radius 1 is 1.23 bits per heavy atom. The van der Waals surface area contributed by atoms with Gasteiger partial charge >= 0.3 is 0 Å². The topological polar surface area (TPSA) is 18.8 Å². The van der Waals surface area contributed by atoms with E-state index >= 15 is 0 Å². The summed E-state index contributed by atoms with van der Waals surface area (Å²) in [6, 6.07) is 0. The van der Waals surface area contributed by atoms with Crippen LogP contribution in [-0.4, -0.2) is 57.3 Å². The van der Waals surface area contributed by atoms with Crippen molar-refractivity contribution in [1.82, 2.24) is 9.80 Å². The Hall–Kier alpha value is -0.830. The fourth-order valence-corrected chi connectivity index (χ4v) is 0.836. The molecule has 0 atom stereocenters. The smallest absolute Gasteiger partial charge is 0.0299 e. The maximum Gasteiger partial charge on any atom is 0.0299 e. The molecule has 3 heteroatoms. The molecule has 0 radical (unpaired) electrons. The van der Waals surface area contributed by atoms with Crippen molar-refractivity contribution in [3.05, 3.63) is 11.8 Å². The number of allylic oxidation sites excluding steroid dienone is 2. The van der Waals surface area contributed by atoms with Gasteiger partial charge in [-0.3, -0.25) is 4.99 Å². The van der Waals surface area contributed by atoms with Gasteiger partial charge in [0.1, 0.15) is 0 Å². The van der Waals surface area contributed by atoms with Gasteiger partial charge < -0.3 is 9.80 Å². The lowest BCUT2D eigenvalue weighted by molar-refractivity contribution is 0.326. The molecule has 0 aliphatic rings. The first kappa shape index (κ1) is 12.2. The highest BCUT2D eigenvalue weighted by Gasteiger charge is 1.98. The van der Waals surface area contributed by atoms with Crippen LogP contribution >= 0.6 is 0 Å². The molecule has 13 heavy (non-hydrogen) atoms. The van der Waals surface area contributed by atoms with Crippen molar-refractivity contribution in [3.63, 3.8) is 0 Å². The van der Waals surface area contributed by atoms with Crippen molar-refractivity contribution >= 4 is 6.21 Å². The number of hydrogen-bond acceptors (Lipinski definition) is 3. The Labute approximate surface area is 81.7 Å². The molecule has 0 fully saturated rings. The van der Waals surface area contributed by atoms with E-state index in [1.807, 2.05) is 12.3 Å². The fraction of sp³-hybridized carbons (Fsp3) is 0.700. The molecule has 76 valence electrons. The lowest BCUT2D eigenvalue weighted by Gasteiger charge is -2.21. The van der Waals surface area contributed by atoms with Gasteiger partial charge in [0.2, 0.25) is 0 Å². The Morgan fingerprint density at radius 3 is 2.31 bits per heavy atom. The minimum atomic E-state index is 1.05. The standard InChI is InChI=1S/C10H21N3/c1-10(6-7-11-2)13(5)9-8-12(3)4/h6-7H,8-9H2,1-5H3. The first-order valence-corrected chi connectivity index (χ1v) is 4.53. The summed E-state index contributed by atoms with van der Waals surface area (Å²) in [4.78, 5) is 8.32. The van der Waals surface area contributed by atoms with Gasteiger partial charge in [0.15, 0.2) is 0 Å². The van der Waals surface area contributed by atoms with Crippen LogP contribution in [0.5, 0.6) is 0 Å². The van der Waals surface area contributed by atoms with Gasteiger partial charge in [-0.05, 0) is 27.1 Å². The predicted molar refractivity (Wildman–Crippen MR) is 59.4 cm³/mol. The molecule has 0 aliphatic carbocycles. The SMILES string of the molecule is CN=CC=C(C)N(C)CCN(C)C. The first-order valence-electron chi connectivity index (χ1n) is 4.53. The van der Waals surface area contributed by atoms with E-state index in [-0.39, 0.29) is 0 Å². The zero-order chi connectivity index (χ0) is 10.3. The summed E-state index contributed by atoms with van der Waals surface area (Å²) < 4.78 is 0. The summed E-state index contributed by atoms with van der Waals surface area (Å²) >= 11 is 0. The Morgan fingerprint density at radius 2 is 1.85 bits per heavy atom. The van der Waals surface area contributed by atoms with Gasteiger partial charge in [0.25, 0.3) is 0 Å². The average Bonchev–Trinajstić information content (AvgIpc) is 2.10. The van der Waals surface area contributed by atoms with Crippen LogP contribution in [0.25, 0.3) is 0 Å². The molecule has 0 heterocycles. The molecule has 0 aliphatic heterocycles. The van der Waals surface area contributed by atoms with E-state index in [0.29, 0.717) is 0 Å². The van der Waals surface area contributed by atoms with Gasteiger partial charge in [0.05, 0.1) is 0 Å². The monoisotopic (exact) mass is 183 g/mol. The van der Waals surface area contributed by atoms with E-state index in [9.17, 15) is 0 Å². The number of likely N-dealkylation sites (N-methyl/N-ethyl adjacent to an activating group) is 2. The number of rotatable bonds is 5. The van der Waals surface area contributed by atoms with Crippen molar-refractivity contribution in [3.8, 4) is 0 Å². The molecule has 0 spiro atoms. The number of hydrogen-bond donors (Lipinski definition) is 0. The molecule has 3 nitrogen and oxygen atoms in total. The average molecular weight is 183 g/mol. The second-order valence-corrected chi connectivity index (χ2v) is 3.44. The highest BCUT2D eigenvalue weighted by molar-refractivity contribution is 5.71. The normalized spacial score (nSPS) is 12.9. The van der Waals surface area contributed by atoms with Crippen molar-refractivity contribution in [1.29, 1.82) is 0 Å². The van der Waals surface area contributed by atoms with Gasteiger partial charge in [-0.2, -0.15) is 0 Å². The third kappa shape index (κ3) is 6.34. The second kappa shape index (κ2) is 6.66. The highest BCUT2D eigenvalue weighted by Crippen LogP contribution is 1.97. The molecule has 0 aromatic rings. The zero-order valence-corrected chi connectivity index (χ0v) is 9.41. The lowest BCUT2D eigenvalue weighted by Crippen LogP contribution is -2.27. The maximum absolute atomic E-state index is 3.91. The lowest BCUT2D eigenvalue weighted by atomic mass is 10.4. The number of nitrogens with zero attached hydrogens (tertiary/aromatic N) is 3. The summed E-state index contributed by atoms with van der Waals surface area (Å²) in [6.07, 6.45) is 3.84. The van der Waals surface area contributed by atoms with E-state index < -0.39 is 0 Å². The van der Waals surface area contributed by atoms with E-state index in [1.165, 1.54) is 5.70 Å². The molecular formula is C10H21N3. The van der Waals surface area contributed by atoms with Gasteiger partial charge in [-0.1, -0.05) is 0 Å². The summed E-state index contributed by atoms with van der Waals surface area (Å²) in [5.74, 6) is 0. The fourth-order valence-electron chi connectivity index (χ4n) is 0.836. The zero-order valence-electron chi connectivity index (χ0n) is 9.41. The van der Waals surface area contributed by atoms with Crippen LogP contribution in [0.3, 0.4) is 0 Å².